The van der Waals surface area contributed by atoms with Crippen LogP contribution in [0.4, 0.5) is 0 Å². The first-order valence-electron chi connectivity index (χ1n) is 5.94. The second kappa shape index (κ2) is 6.36. The van der Waals surface area contributed by atoms with Gasteiger partial charge in [0.1, 0.15) is 0 Å². The molecule has 0 aromatic carbocycles. The van der Waals surface area contributed by atoms with E-state index in [1.165, 1.54) is 0 Å². The average Bonchev–Trinajstić information content (AvgIpc) is 1.96. The monoisotopic (exact) mass is 352 g/mol. The highest BCUT2D eigenvalue weighted by atomic mass is 35.6. The molecule has 0 aromatic rings. The molecule has 0 nitrogen and oxygen atoms in total. The van der Waals surface area contributed by atoms with E-state index in [1.54, 1.807) is 0 Å². The first kappa shape index (κ1) is 18.6. The molecule has 104 valence electrons. The molecule has 6 heteroatoms. The third-order valence-corrected chi connectivity index (χ3v) is 10.7. The summed E-state index contributed by atoms with van der Waals surface area (Å²) in [5, 5.41) is 0.256. The fourth-order valence-electron chi connectivity index (χ4n) is 1.63. The zero-order valence-corrected chi connectivity index (χ0v) is 16.6. The first-order valence-corrected chi connectivity index (χ1v) is 14.7. The van der Waals surface area contributed by atoms with Crippen LogP contribution in [-0.4, -0.2) is 24.9 Å². The first-order chi connectivity index (χ1) is 7.23. The molecule has 0 heterocycles. The Balaban J connectivity index is 4.74. The van der Waals surface area contributed by atoms with Crippen molar-refractivity contribution >= 4 is 62.6 Å². The maximum absolute atomic E-state index is 6.54. The van der Waals surface area contributed by atoms with Crippen LogP contribution in [0.3, 0.4) is 0 Å². The molecule has 0 saturated carbocycles. The Labute approximate surface area is 128 Å². The predicted molar refractivity (Wildman–Crippen MR) is 89.6 cm³/mol. The third kappa shape index (κ3) is 8.38. The highest BCUT2D eigenvalue weighted by Crippen LogP contribution is 2.43. The van der Waals surface area contributed by atoms with Crippen LogP contribution in [0.25, 0.3) is 0 Å². The summed E-state index contributed by atoms with van der Waals surface area (Å²) in [5.41, 5.74) is 0.462. The minimum absolute atomic E-state index is 0.256. The van der Waals surface area contributed by atoms with E-state index in [4.69, 9.17) is 46.4 Å². The summed E-state index contributed by atoms with van der Waals surface area (Å²) in [4.78, 5) is 0. The normalized spacial score (nSPS) is 18.0. The quantitative estimate of drug-likeness (QED) is 0.400. The molecule has 0 bridgehead atoms. The van der Waals surface area contributed by atoms with E-state index in [1.807, 2.05) is 0 Å². The number of rotatable bonds is 5. The second-order valence-corrected chi connectivity index (χ2v) is 21.3. The summed E-state index contributed by atoms with van der Waals surface area (Å²) < 4.78 is -1.15. The average molecular weight is 354 g/mol. The molecule has 0 saturated heterocycles. The van der Waals surface area contributed by atoms with Gasteiger partial charge in [-0.05, 0) is 18.4 Å². The summed E-state index contributed by atoms with van der Waals surface area (Å²) in [6, 6.07) is 0. The Kier molecular flexibility index (Phi) is 6.96. The molecule has 0 rings (SSSR count). The molecule has 0 unspecified atom stereocenters. The zero-order valence-electron chi connectivity index (χ0n) is 11.6. The van der Waals surface area contributed by atoms with E-state index in [0.717, 1.165) is 6.42 Å². The van der Waals surface area contributed by atoms with Crippen molar-refractivity contribution < 1.29 is 0 Å². The van der Waals surface area contributed by atoms with Gasteiger partial charge in [-0.15, -0.1) is 11.6 Å². The van der Waals surface area contributed by atoms with Gasteiger partial charge in [0.25, 0.3) is 0 Å². The van der Waals surface area contributed by atoms with E-state index in [-0.39, 0.29) is 5.00 Å². The van der Waals surface area contributed by atoms with Crippen molar-refractivity contribution in [1.82, 2.24) is 0 Å². The van der Waals surface area contributed by atoms with Gasteiger partial charge >= 0.3 is 0 Å². The Morgan fingerprint density at radius 3 is 1.53 bits per heavy atom. The van der Waals surface area contributed by atoms with Gasteiger partial charge in [-0.1, -0.05) is 74.1 Å². The minimum Gasteiger partial charge on any atom is -0.127 e. The molecule has 2 atom stereocenters. The number of alkyl halides is 4. The van der Waals surface area contributed by atoms with Crippen molar-refractivity contribution in [2.24, 2.45) is 0 Å². The summed E-state index contributed by atoms with van der Waals surface area (Å²) >= 11 is 24.4. The number of halogens is 4. The van der Waals surface area contributed by atoms with Crippen molar-refractivity contribution in [2.45, 2.75) is 66.5 Å². The van der Waals surface area contributed by atoms with Crippen LogP contribution in [0.2, 0.25) is 44.8 Å². The number of hydrogen-bond acceptors (Lipinski definition) is 0. The van der Waals surface area contributed by atoms with Crippen LogP contribution in [0.15, 0.2) is 0 Å². The van der Waals surface area contributed by atoms with Crippen LogP contribution in [0.1, 0.15) is 12.8 Å². The fourth-order valence-corrected chi connectivity index (χ4v) is 6.03. The fraction of sp³-hybridized carbons (Fsp3) is 1.00. The summed E-state index contributed by atoms with van der Waals surface area (Å²) in [7, 11) is -2.67. The zero-order chi connectivity index (χ0) is 14.1. The molecule has 0 aromatic heterocycles. The van der Waals surface area contributed by atoms with Crippen molar-refractivity contribution in [3.63, 3.8) is 0 Å². The molecule has 0 fully saturated rings. The Hall–Kier alpha value is 1.59. The molecule has 0 N–H and O–H groups in total. The van der Waals surface area contributed by atoms with Gasteiger partial charge in [0, 0.05) is 13.1 Å². The van der Waals surface area contributed by atoms with Crippen molar-refractivity contribution in [3.8, 4) is 0 Å². The maximum atomic E-state index is 6.54. The van der Waals surface area contributed by atoms with Crippen LogP contribution in [0.5, 0.6) is 0 Å². The SMILES string of the molecule is C[Si](C)(C)[C@H](C[C@@H](Cl)[Si](C)(C)C)CC(Cl)(Cl)Cl. The van der Waals surface area contributed by atoms with Crippen LogP contribution < -0.4 is 0 Å². The molecule has 0 aliphatic carbocycles. The Morgan fingerprint density at radius 1 is 0.882 bits per heavy atom. The Bertz CT molecular complexity index is 237. The summed E-state index contributed by atoms with van der Waals surface area (Å²) in [5.74, 6) is 0. The lowest BCUT2D eigenvalue weighted by molar-refractivity contribution is 0.687. The van der Waals surface area contributed by atoms with Gasteiger partial charge in [0.2, 0.25) is 0 Å². The van der Waals surface area contributed by atoms with E-state index in [2.05, 4.69) is 39.3 Å². The molecular formula is C11H24Cl4Si2. The third-order valence-electron chi connectivity index (χ3n) is 3.13. The van der Waals surface area contributed by atoms with E-state index < -0.39 is 19.9 Å². The lowest BCUT2D eigenvalue weighted by atomic mass is 10.2. The van der Waals surface area contributed by atoms with Gasteiger partial charge in [0.05, 0.1) is 8.07 Å². The topological polar surface area (TPSA) is 0 Å². The van der Waals surface area contributed by atoms with Crippen molar-refractivity contribution in [3.05, 3.63) is 0 Å². The molecule has 0 radical (unpaired) electrons. The van der Waals surface area contributed by atoms with Gasteiger partial charge in [-0.25, -0.2) is 0 Å². The number of hydrogen-bond donors (Lipinski definition) is 0. The summed E-state index contributed by atoms with van der Waals surface area (Å²) in [6.07, 6.45) is 1.61. The van der Waals surface area contributed by atoms with E-state index in [0.29, 0.717) is 12.0 Å². The van der Waals surface area contributed by atoms with E-state index in [9.17, 15) is 0 Å². The van der Waals surface area contributed by atoms with Gasteiger partial charge in [-0.3, -0.25) is 0 Å². The molecular weight excluding hydrogens is 330 g/mol. The molecule has 17 heavy (non-hydrogen) atoms. The molecule has 0 amide bonds. The van der Waals surface area contributed by atoms with Gasteiger partial charge < -0.3 is 0 Å². The molecule has 0 spiro atoms. The largest absolute Gasteiger partial charge is 0.190 e. The van der Waals surface area contributed by atoms with E-state index >= 15 is 0 Å². The standard InChI is InChI=1S/C11H24Cl4Si2/c1-16(2,3)9(8-11(13,14)15)7-10(12)17(4,5)6/h9-10H,7-8H2,1-6H3/t9-,10+/m1/s1. The smallest absolute Gasteiger partial charge is 0.127 e. The van der Waals surface area contributed by atoms with Crippen LogP contribution in [0, 0.1) is 0 Å². The predicted octanol–water partition coefficient (Wildman–Crippen LogP) is 6.33. The lowest BCUT2D eigenvalue weighted by Crippen LogP contribution is -2.40. The second-order valence-electron chi connectivity index (χ2n) is 6.95. The van der Waals surface area contributed by atoms with Crippen molar-refractivity contribution in [2.75, 3.05) is 0 Å². The maximum Gasteiger partial charge on any atom is 0.190 e. The van der Waals surface area contributed by atoms with Crippen molar-refractivity contribution in [1.29, 1.82) is 0 Å². The lowest BCUT2D eigenvalue weighted by Gasteiger charge is -2.35. The summed E-state index contributed by atoms with van der Waals surface area (Å²) in [6.45, 7) is 13.8. The van der Waals surface area contributed by atoms with Gasteiger partial charge in [-0.2, -0.15) is 0 Å². The highest BCUT2D eigenvalue weighted by molar-refractivity contribution is 6.84. The minimum atomic E-state index is -1.35. The molecule has 0 aliphatic rings. The Morgan fingerprint density at radius 2 is 1.29 bits per heavy atom. The molecule has 0 aliphatic heterocycles. The van der Waals surface area contributed by atoms with Gasteiger partial charge in [0.15, 0.2) is 3.79 Å². The highest BCUT2D eigenvalue weighted by Gasteiger charge is 2.37. The van der Waals surface area contributed by atoms with Crippen LogP contribution in [-0.2, 0) is 0 Å². The van der Waals surface area contributed by atoms with Crippen LogP contribution >= 0.6 is 46.4 Å².